The largest absolute Gasteiger partial charge is 0.453 e. The minimum Gasteiger partial charge on any atom is -0.453 e. The lowest BCUT2D eigenvalue weighted by Crippen LogP contribution is -2.33. The summed E-state index contributed by atoms with van der Waals surface area (Å²) in [6.07, 6.45) is -4.52. The Bertz CT molecular complexity index is 686. The van der Waals surface area contributed by atoms with Crippen LogP contribution in [0.5, 0.6) is 0 Å². The van der Waals surface area contributed by atoms with Crippen molar-refractivity contribution in [3.63, 3.8) is 0 Å². The highest BCUT2D eigenvalue weighted by atomic mass is 19.1. The standard InChI is InChI=1S/C19H18FO4/c1-12-17(16(20)19(22-2)23-12)24-18(21)15-10-8-14(9-11-15)13-6-4-3-5-7-13/h3-12,16-17,19H,1H2,2H3/t12-,16+,17-,19?/m1/s1. The van der Waals surface area contributed by atoms with Crippen molar-refractivity contribution in [1.29, 1.82) is 0 Å². The van der Waals surface area contributed by atoms with Gasteiger partial charge in [0.2, 0.25) is 0 Å². The lowest BCUT2D eigenvalue weighted by Gasteiger charge is -2.17. The molecule has 4 atom stereocenters. The fraction of sp³-hybridized carbons (Fsp3) is 0.263. The number of halogens is 1. The van der Waals surface area contributed by atoms with E-state index in [1.54, 1.807) is 12.1 Å². The molecule has 2 aromatic carbocycles. The summed E-state index contributed by atoms with van der Waals surface area (Å²) in [5, 5.41) is 0. The third-order valence-corrected chi connectivity index (χ3v) is 3.95. The second-order valence-corrected chi connectivity index (χ2v) is 5.54. The molecule has 24 heavy (non-hydrogen) atoms. The van der Waals surface area contributed by atoms with E-state index in [0.717, 1.165) is 11.1 Å². The predicted octanol–water partition coefficient (Wildman–Crippen LogP) is 3.42. The van der Waals surface area contributed by atoms with Crippen molar-refractivity contribution in [2.45, 2.75) is 24.7 Å². The van der Waals surface area contributed by atoms with Crippen molar-refractivity contribution in [3.05, 3.63) is 67.1 Å². The number of methoxy groups -OCH3 is 1. The average molecular weight is 329 g/mol. The van der Waals surface area contributed by atoms with Crippen molar-refractivity contribution in [2.75, 3.05) is 7.11 Å². The number of esters is 1. The molecule has 0 bridgehead atoms. The number of carbonyl (C=O) groups is 1. The summed E-state index contributed by atoms with van der Waals surface area (Å²) in [6, 6.07) is 16.7. The third kappa shape index (κ3) is 3.32. The lowest BCUT2D eigenvalue weighted by molar-refractivity contribution is -0.127. The molecular weight excluding hydrogens is 311 g/mol. The maximum atomic E-state index is 14.1. The van der Waals surface area contributed by atoms with Crippen molar-refractivity contribution in [3.8, 4) is 11.1 Å². The topological polar surface area (TPSA) is 44.8 Å². The molecule has 0 amide bonds. The highest BCUT2D eigenvalue weighted by Crippen LogP contribution is 2.28. The molecule has 0 saturated carbocycles. The van der Waals surface area contributed by atoms with Gasteiger partial charge in [-0.05, 0) is 30.2 Å². The van der Waals surface area contributed by atoms with Crippen molar-refractivity contribution in [2.24, 2.45) is 0 Å². The minimum atomic E-state index is -1.56. The summed E-state index contributed by atoms with van der Waals surface area (Å²) in [6.45, 7) is 3.65. The molecule has 4 nitrogen and oxygen atoms in total. The van der Waals surface area contributed by atoms with Crippen molar-refractivity contribution in [1.82, 2.24) is 0 Å². The van der Waals surface area contributed by atoms with Crippen LogP contribution < -0.4 is 0 Å². The molecule has 1 fully saturated rings. The molecule has 0 spiro atoms. The summed E-state index contributed by atoms with van der Waals surface area (Å²) in [5.41, 5.74) is 2.37. The zero-order valence-electron chi connectivity index (χ0n) is 13.2. The van der Waals surface area contributed by atoms with Crippen LogP contribution >= 0.6 is 0 Å². The van der Waals surface area contributed by atoms with E-state index >= 15 is 0 Å². The van der Waals surface area contributed by atoms with Gasteiger partial charge in [-0.3, -0.25) is 0 Å². The lowest BCUT2D eigenvalue weighted by atomic mass is 10.0. The Balaban J connectivity index is 1.70. The van der Waals surface area contributed by atoms with Gasteiger partial charge in [-0.1, -0.05) is 42.5 Å². The van der Waals surface area contributed by atoms with Gasteiger partial charge in [-0.2, -0.15) is 0 Å². The van der Waals surface area contributed by atoms with Crippen LogP contribution in [0.25, 0.3) is 11.1 Å². The van der Waals surface area contributed by atoms with Crippen LogP contribution in [-0.4, -0.2) is 37.7 Å². The second kappa shape index (κ2) is 7.11. The van der Waals surface area contributed by atoms with E-state index in [0.29, 0.717) is 5.56 Å². The monoisotopic (exact) mass is 329 g/mol. The Morgan fingerprint density at radius 1 is 1.08 bits per heavy atom. The first-order chi connectivity index (χ1) is 11.6. The van der Waals surface area contributed by atoms with Crippen molar-refractivity contribution >= 4 is 5.97 Å². The van der Waals surface area contributed by atoms with E-state index in [1.807, 2.05) is 42.5 Å². The number of alkyl halides is 1. The van der Waals surface area contributed by atoms with E-state index in [-0.39, 0.29) is 0 Å². The van der Waals surface area contributed by atoms with Gasteiger partial charge in [0, 0.05) is 7.11 Å². The first kappa shape index (κ1) is 16.6. The highest BCUT2D eigenvalue weighted by molar-refractivity contribution is 5.90. The van der Waals surface area contributed by atoms with Gasteiger partial charge in [-0.15, -0.1) is 0 Å². The SMILES string of the molecule is [CH2][C@H]1OC(OC)[C@@H](F)[C@@H]1OC(=O)c1ccc(-c2ccccc2)cc1. The van der Waals surface area contributed by atoms with E-state index in [2.05, 4.69) is 6.92 Å². The van der Waals surface area contributed by atoms with Crippen LogP contribution in [0, 0.1) is 6.92 Å². The molecule has 1 aliphatic heterocycles. The highest BCUT2D eigenvalue weighted by Gasteiger charge is 2.46. The summed E-state index contributed by atoms with van der Waals surface area (Å²) in [4.78, 5) is 12.2. The first-order valence-electron chi connectivity index (χ1n) is 7.62. The summed E-state index contributed by atoms with van der Waals surface area (Å²) < 4.78 is 29.3. The van der Waals surface area contributed by atoms with E-state index in [9.17, 15) is 9.18 Å². The van der Waals surface area contributed by atoms with E-state index < -0.39 is 30.6 Å². The second-order valence-electron chi connectivity index (χ2n) is 5.54. The average Bonchev–Trinajstić information content (AvgIpc) is 2.90. The molecule has 1 unspecified atom stereocenters. The predicted molar refractivity (Wildman–Crippen MR) is 87.0 cm³/mol. The maximum absolute atomic E-state index is 14.1. The molecule has 1 saturated heterocycles. The van der Waals surface area contributed by atoms with Crippen LogP contribution in [0.1, 0.15) is 10.4 Å². The number of ether oxygens (including phenoxy) is 3. The Hall–Kier alpha value is -2.24. The van der Waals surface area contributed by atoms with Gasteiger partial charge in [-0.25, -0.2) is 9.18 Å². The molecule has 1 aliphatic rings. The van der Waals surface area contributed by atoms with Gasteiger partial charge in [0.25, 0.3) is 0 Å². The Kier molecular flexibility index (Phi) is 4.92. The van der Waals surface area contributed by atoms with Gasteiger partial charge in [0.1, 0.15) is 6.10 Å². The molecule has 2 aromatic rings. The molecular formula is C19H18FO4. The maximum Gasteiger partial charge on any atom is 0.338 e. The van der Waals surface area contributed by atoms with Crippen LogP contribution in [0.2, 0.25) is 0 Å². The number of carbonyl (C=O) groups excluding carboxylic acids is 1. The van der Waals surface area contributed by atoms with Gasteiger partial charge in [0.05, 0.1) is 5.56 Å². The van der Waals surface area contributed by atoms with Gasteiger partial charge < -0.3 is 14.2 Å². The zero-order chi connectivity index (χ0) is 17.1. The number of rotatable bonds is 4. The molecule has 0 aromatic heterocycles. The fourth-order valence-electron chi connectivity index (χ4n) is 2.63. The Labute approximate surface area is 140 Å². The normalized spacial score (nSPS) is 26.3. The molecule has 1 radical (unpaired) electrons. The molecule has 125 valence electrons. The number of hydrogen-bond donors (Lipinski definition) is 0. The van der Waals surface area contributed by atoms with Crippen LogP contribution in [0.3, 0.4) is 0 Å². The van der Waals surface area contributed by atoms with Crippen molar-refractivity contribution < 1.29 is 23.4 Å². The molecule has 5 heteroatoms. The third-order valence-electron chi connectivity index (χ3n) is 3.95. The zero-order valence-corrected chi connectivity index (χ0v) is 13.2. The molecule has 3 rings (SSSR count). The Morgan fingerprint density at radius 2 is 1.71 bits per heavy atom. The van der Waals surface area contributed by atoms with Crippen LogP contribution in [-0.2, 0) is 14.2 Å². The minimum absolute atomic E-state index is 0.343. The van der Waals surface area contributed by atoms with Crippen LogP contribution in [0.15, 0.2) is 54.6 Å². The fourth-order valence-corrected chi connectivity index (χ4v) is 2.63. The van der Waals surface area contributed by atoms with Gasteiger partial charge >= 0.3 is 5.97 Å². The molecule has 0 aliphatic carbocycles. The van der Waals surface area contributed by atoms with E-state index in [4.69, 9.17) is 14.2 Å². The quantitative estimate of drug-likeness (QED) is 0.806. The van der Waals surface area contributed by atoms with E-state index in [1.165, 1.54) is 7.11 Å². The summed E-state index contributed by atoms with van der Waals surface area (Å²) in [7, 11) is 1.33. The number of hydrogen-bond acceptors (Lipinski definition) is 4. The summed E-state index contributed by atoms with van der Waals surface area (Å²) >= 11 is 0. The van der Waals surface area contributed by atoms with Crippen LogP contribution in [0.4, 0.5) is 4.39 Å². The van der Waals surface area contributed by atoms with Gasteiger partial charge in [0.15, 0.2) is 18.6 Å². The number of benzene rings is 2. The molecule has 1 heterocycles. The Morgan fingerprint density at radius 3 is 2.29 bits per heavy atom. The first-order valence-corrected chi connectivity index (χ1v) is 7.62. The summed E-state index contributed by atoms with van der Waals surface area (Å²) in [5.74, 6) is -0.615. The molecule has 0 N–H and O–H groups in total. The smallest absolute Gasteiger partial charge is 0.338 e.